The standard InChI is InChI=1S/C8H18N.C6H7F8O4P/c1-7(2,3)9-8(4,5)6;7-3(8)5(11,12)1-17-19(15,16)18-2-6(13,14)4(9)10/h1-6H3;3-4H,1-2H2,(H,15,16)/q-1;/p-1. The predicted molar refractivity (Wildman–Crippen MR) is 84.3 cm³/mol. The van der Waals surface area contributed by atoms with Gasteiger partial charge in [-0.1, -0.05) is 41.5 Å². The summed E-state index contributed by atoms with van der Waals surface area (Å²) < 4.78 is 112. The van der Waals surface area contributed by atoms with E-state index in [1.807, 2.05) is 0 Å². The van der Waals surface area contributed by atoms with E-state index in [4.69, 9.17) is 0 Å². The van der Waals surface area contributed by atoms with E-state index in [9.17, 15) is 44.6 Å². The number of hydrogen-bond acceptors (Lipinski definition) is 4. The molecule has 172 valence electrons. The molecular formula is C14H24F8NO4P-2. The second kappa shape index (κ2) is 10.5. The third-order valence-electron chi connectivity index (χ3n) is 2.14. The van der Waals surface area contributed by atoms with Gasteiger partial charge in [0.15, 0.2) is 0 Å². The molecule has 0 radical (unpaired) electrons. The van der Waals surface area contributed by atoms with Gasteiger partial charge in [-0.15, -0.1) is 11.1 Å². The monoisotopic (exact) mass is 453 g/mol. The minimum Gasteiger partial charge on any atom is -0.756 e. The van der Waals surface area contributed by atoms with Crippen LogP contribution >= 0.6 is 7.82 Å². The summed E-state index contributed by atoms with van der Waals surface area (Å²) in [6.07, 6.45) is -8.54. The van der Waals surface area contributed by atoms with E-state index in [0.717, 1.165) is 0 Å². The Balaban J connectivity index is 0. The van der Waals surface area contributed by atoms with Gasteiger partial charge in [0.1, 0.15) is 13.2 Å². The van der Waals surface area contributed by atoms with E-state index in [1.165, 1.54) is 0 Å². The smallest absolute Gasteiger partial charge is 0.330 e. The number of nitrogens with zero attached hydrogens (tertiary/aromatic N) is 1. The van der Waals surface area contributed by atoms with Crippen LogP contribution < -0.4 is 4.89 Å². The maximum atomic E-state index is 12.2. The van der Waals surface area contributed by atoms with Crippen LogP contribution in [0.5, 0.6) is 0 Å². The number of halogens is 8. The van der Waals surface area contributed by atoms with Crippen molar-refractivity contribution in [3.8, 4) is 0 Å². The summed E-state index contributed by atoms with van der Waals surface area (Å²) in [5, 5.41) is 4.54. The first-order valence-corrected chi connectivity index (χ1v) is 9.13. The fourth-order valence-electron chi connectivity index (χ4n) is 1.50. The van der Waals surface area contributed by atoms with E-state index in [1.54, 1.807) is 0 Å². The highest BCUT2D eigenvalue weighted by Gasteiger charge is 2.44. The first-order chi connectivity index (χ1) is 12.0. The quantitative estimate of drug-likeness (QED) is 0.372. The Morgan fingerprint density at radius 3 is 1.18 bits per heavy atom. The largest absolute Gasteiger partial charge is 0.756 e. The zero-order valence-electron chi connectivity index (χ0n) is 16.1. The summed E-state index contributed by atoms with van der Waals surface area (Å²) in [5.41, 5.74) is 0.219. The minimum atomic E-state index is -5.84. The van der Waals surface area contributed by atoms with Crippen LogP contribution in [0.3, 0.4) is 0 Å². The molecule has 0 fully saturated rings. The van der Waals surface area contributed by atoms with Gasteiger partial charge in [-0.25, -0.2) is 17.6 Å². The van der Waals surface area contributed by atoms with Gasteiger partial charge in [0.05, 0.1) is 0 Å². The van der Waals surface area contributed by atoms with E-state index in [2.05, 4.69) is 55.9 Å². The van der Waals surface area contributed by atoms with Gasteiger partial charge in [0, 0.05) is 0 Å². The molecule has 0 saturated heterocycles. The Bertz CT molecular complexity index is 467. The number of alkyl halides is 8. The molecule has 0 unspecified atom stereocenters. The lowest BCUT2D eigenvalue weighted by Gasteiger charge is -2.48. The van der Waals surface area contributed by atoms with Crippen LogP contribution in [-0.4, -0.2) is 49.0 Å². The molecule has 0 aromatic heterocycles. The molecular weight excluding hydrogens is 429 g/mol. The van der Waals surface area contributed by atoms with Crippen molar-refractivity contribution < 1.29 is 53.6 Å². The summed E-state index contributed by atoms with van der Waals surface area (Å²) in [6.45, 7) is 8.00. The second-order valence-electron chi connectivity index (χ2n) is 7.57. The molecule has 0 heterocycles. The summed E-state index contributed by atoms with van der Waals surface area (Å²) in [6, 6.07) is 0. The zero-order chi connectivity index (χ0) is 23.2. The molecule has 0 aromatic rings. The maximum absolute atomic E-state index is 12.2. The molecule has 14 heteroatoms. The lowest BCUT2D eigenvalue weighted by atomic mass is 10.0. The van der Waals surface area contributed by atoms with Crippen molar-refractivity contribution in [2.75, 3.05) is 13.2 Å². The number of hydrogen-bond donors (Lipinski definition) is 0. The summed E-state index contributed by atoms with van der Waals surface area (Å²) in [4.78, 5) is 10.6. The number of phosphoric acid groups is 1. The second-order valence-corrected chi connectivity index (χ2v) is 8.98. The summed E-state index contributed by atoms with van der Waals surface area (Å²) in [5.74, 6) is -9.73. The molecule has 0 bridgehead atoms. The van der Waals surface area contributed by atoms with Crippen LogP contribution in [-0.2, 0) is 13.6 Å². The Morgan fingerprint density at radius 1 is 0.786 bits per heavy atom. The van der Waals surface area contributed by atoms with Crippen molar-refractivity contribution in [1.29, 1.82) is 0 Å². The van der Waals surface area contributed by atoms with E-state index >= 15 is 0 Å². The van der Waals surface area contributed by atoms with Crippen molar-refractivity contribution >= 4 is 7.82 Å². The molecule has 0 spiro atoms. The molecule has 0 aliphatic heterocycles. The molecule has 0 aliphatic carbocycles. The third kappa shape index (κ3) is 15.4. The Labute approximate surface area is 158 Å². The fraction of sp³-hybridized carbons (Fsp3) is 1.00. The van der Waals surface area contributed by atoms with Gasteiger partial charge in [0.2, 0.25) is 0 Å². The van der Waals surface area contributed by atoms with Crippen molar-refractivity contribution in [3.05, 3.63) is 5.32 Å². The molecule has 0 aromatic carbocycles. The van der Waals surface area contributed by atoms with E-state index in [0.29, 0.717) is 0 Å². The van der Waals surface area contributed by atoms with Gasteiger partial charge in [-0.05, 0) is 0 Å². The van der Waals surface area contributed by atoms with Gasteiger partial charge in [-0.2, -0.15) is 17.6 Å². The number of rotatable bonds is 8. The van der Waals surface area contributed by atoms with Crippen molar-refractivity contribution in [1.82, 2.24) is 0 Å². The van der Waals surface area contributed by atoms with Crippen LogP contribution in [0.25, 0.3) is 5.32 Å². The topological polar surface area (TPSA) is 72.7 Å². The maximum Gasteiger partial charge on any atom is 0.330 e. The lowest BCUT2D eigenvalue weighted by Crippen LogP contribution is -2.35. The van der Waals surface area contributed by atoms with Crippen molar-refractivity contribution in [2.45, 2.75) is 77.3 Å². The summed E-state index contributed by atoms with van der Waals surface area (Å²) >= 11 is 0. The molecule has 28 heavy (non-hydrogen) atoms. The fourth-order valence-corrected chi connectivity index (χ4v) is 2.23. The Morgan fingerprint density at radius 2 is 1.04 bits per heavy atom. The molecule has 0 atom stereocenters. The van der Waals surface area contributed by atoms with Gasteiger partial charge < -0.3 is 19.3 Å². The van der Waals surface area contributed by atoms with E-state index in [-0.39, 0.29) is 11.1 Å². The average Bonchev–Trinajstić information content (AvgIpc) is 2.40. The lowest BCUT2D eigenvalue weighted by molar-refractivity contribution is -0.246. The van der Waals surface area contributed by atoms with Gasteiger partial charge in [0.25, 0.3) is 7.82 Å². The SMILES string of the molecule is CC(C)(C)[N-]C(C)(C)C.O=P([O-])(OCC(F)(F)C(F)F)OCC(F)(F)C(F)F. The normalized spacial score (nSPS) is 14.3. The molecule has 0 N–H and O–H groups in total. The molecule has 5 nitrogen and oxygen atoms in total. The molecule has 0 aliphatic rings. The summed E-state index contributed by atoms with van der Waals surface area (Å²) in [7, 11) is -5.84. The highest BCUT2D eigenvalue weighted by Crippen LogP contribution is 2.42. The minimum absolute atomic E-state index is 0.109. The van der Waals surface area contributed by atoms with Crippen LogP contribution in [0.4, 0.5) is 35.1 Å². The first kappa shape index (κ1) is 29.7. The van der Waals surface area contributed by atoms with Crippen molar-refractivity contribution in [3.63, 3.8) is 0 Å². The molecule has 0 saturated carbocycles. The average molecular weight is 453 g/mol. The van der Waals surface area contributed by atoms with Crippen LogP contribution in [0.2, 0.25) is 0 Å². The highest BCUT2D eigenvalue weighted by atomic mass is 31.2. The van der Waals surface area contributed by atoms with Gasteiger partial charge >= 0.3 is 24.7 Å². The van der Waals surface area contributed by atoms with E-state index < -0.39 is 45.7 Å². The van der Waals surface area contributed by atoms with Gasteiger partial charge in [-0.3, -0.25) is 4.57 Å². The predicted octanol–water partition coefficient (Wildman–Crippen LogP) is 5.25. The van der Waals surface area contributed by atoms with Crippen LogP contribution in [0.1, 0.15) is 41.5 Å². The zero-order valence-corrected chi connectivity index (χ0v) is 17.0. The Kier molecular flexibility index (Phi) is 11.2. The highest BCUT2D eigenvalue weighted by molar-refractivity contribution is 7.45. The molecule has 0 rings (SSSR count). The van der Waals surface area contributed by atoms with Crippen LogP contribution in [0, 0.1) is 0 Å². The first-order valence-electron chi connectivity index (χ1n) is 7.67. The van der Waals surface area contributed by atoms with Crippen molar-refractivity contribution in [2.24, 2.45) is 0 Å². The third-order valence-corrected chi connectivity index (χ3v) is 3.03. The molecule has 0 amide bonds. The van der Waals surface area contributed by atoms with Crippen LogP contribution in [0.15, 0.2) is 0 Å². The Hall–Kier alpha value is -0.490. The number of phosphoric ester groups is 1.